The number of nitrogens with zero attached hydrogens (tertiary/aromatic N) is 3. The standard InChI is InChI=1S/C26H37N5O.HI/c1-21(31-12-11-22-7-3-5-10-25(22)20-31)17-28-26(27-2)29-18-23-8-4-6-9-24(23)19-30-13-15-32-16-14-30;/h3-10,21H,11-20H2,1-2H3,(H2,27,28,29);1H. The molecule has 0 bridgehead atoms. The summed E-state index contributed by atoms with van der Waals surface area (Å²) in [5.41, 5.74) is 5.66. The van der Waals surface area contributed by atoms with Gasteiger partial charge in [-0.15, -0.1) is 24.0 Å². The van der Waals surface area contributed by atoms with E-state index in [1.807, 2.05) is 7.05 Å². The highest BCUT2D eigenvalue weighted by molar-refractivity contribution is 14.0. The van der Waals surface area contributed by atoms with Crippen molar-refractivity contribution in [2.24, 2.45) is 4.99 Å². The van der Waals surface area contributed by atoms with Gasteiger partial charge in [-0.3, -0.25) is 14.8 Å². The zero-order valence-corrected chi connectivity index (χ0v) is 22.3. The fourth-order valence-electron chi connectivity index (χ4n) is 4.55. The molecule has 1 atom stereocenters. The molecule has 1 unspecified atom stereocenters. The number of hydrogen-bond donors (Lipinski definition) is 2. The van der Waals surface area contributed by atoms with E-state index in [0.29, 0.717) is 6.04 Å². The molecule has 0 spiro atoms. The first-order valence-electron chi connectivity index (χ1n) is 11.8. The highest BCUT2D eigenvalue weighted by Gasteiger charge is 2.20. The Hall–Kier alpha value is -1.68. The van der Waals surface area contributed by atoms with Crippen LogP contribution in [0.25, 0.3) is 0 Å². The SMILES string of the molecule is CN=C(NCc1ccccc1CN1CCOCC1)NCC(C)N1CCc2ccccc2C1.I. The lowest BCUT2D eigenvalue weighted by molar-refractivity contribution is 0.0341. The van der Waals surface area contributed by atoms with Gasteiger partial charge in [0.2, 0.25) is 0 Å². The van der Waals surface area contributed by atoms with Crippen LogP contribution in [0.1, 0.15) is 29.2 Å². The van der Waals surface area contributed by atoms with Crippen molar-refractivity contribution in [3.63, 3.8) is 0 Å². The van der Waals surface area contributed by atoms with E-state index in [1.54, 1.807) is 0 Å². The van der Waals surface area contributed by atoms with E-state index in [9.17, 15) is 0 Å². The highest BCUT2D eigenvalue weighted by Crippen LogP contribution is 2.20. The minimum absolute atomic E-state index is 0. The molecule has 7 heteroatoms. The van der Waals surface area contributed by atoms with Gasteiger partial charge in [0.25, 0.3) is 0 Å². The topological polar surface area (TPSA) is 52.1 Å². The molecule has 1 fully saturated rings. The van der Waals surface area contributed by atoms with Crippen LogP contribution in [0.5, 0.6) is 0 Å². The van der Waals surface area contributed by atoms with E-state index in [2.05, 4.69) is 80.9 Å². The van der Waals surface area contributed by atoms with Crippen LogP contribution in [-0.4, -0.2) is 68.2 Å². The first-order chi connectivity index (χ1) is 15.7. The summed E-state index contributed by atoms with van der Waals surface area (Å²) in [5, 5.41) is 7.05. The van der Waals surface area contributed by atoms with Crippen LogP contribution in [0.15, 0.2) is 53.5 Å². The first kappa shape index (κ1) is 25.9. The Morgan fingerprint density at radius 1 is 0.970 bits per heavy atom. The van der Waals surface area contributed by atoms with Crippen molar-refractivity contribution in [1.82, 2.24) is 20.4 Å². The molecule has 1 saturated heterocycles. The van der Waals surface area contributed by atoms with E-state index < -0.39 is 0 Å². The van der Waals surface area contributed by atoms with E-state index in [-0.39, 0.29) is 24.0 Å². The number of nitrogens with one attached hydrogen (secondary N) is 2. The zero-order valence-electron chi connectivity index (χ0n) is 19.9. The molecule has 2 aliphatic heterocycles. The quantitative estimate of drug-likeness (QED) is 0.308. The first-order valence-corrected chi connectivity index (χ1v) is 11.8. The Kier molecular flexibility index (Phi) is 10.4. The minimum atomic E-state index is 0. The minimum Gasteiger partial charge on any atom is -0.379 e. The monoisotopic (exact) mass is 563 g/mol. The van der Waals surface area contributed by atoms with E-state index in [4.69, 9.17) is 4.74 Å². The summed E-state index contributed by atoms with van der Waals surface area (Å²) in [4.78, 5) is 9.47. The van der Waals surface area contributed by atoms with Gasteiger partial charge >= 0.3 is 0 Å². The lowest BCUT2D eigenvalue weighted by Crippen LogP contribution is -2.47. The summed E-state index contributed by atoms with van der Waals surface area (Å²) < 4.78 is 5.49. The summed E-state index contributed by atoms with van der Waals surface area (Å²) in [7, 11) is 1.84. The van der Waals surface area contributed by atoms with Crippen LogP contribution < -0.4 is 10.6 Å². The number of benzene rings is 2. The van der Waals surface area contributed by atoms with Gasteiger partial charge in [-0.25, -0.2) is 0 Å². The molecule has 180 valence electrons. The van der Waals surface area contributed by atoms with Crippen LogP contribution in [0.4, 0.5) is 0 Å². The van der Waals surface area contributed by atoms with Crippen molar-refractivity contribution < 1.29 is 4.74 Å². The second-order valence-corrected chi connectivity index (χ2v) is 8.80. The van der Waals surface area contributed by atoms with Crippen LogP contribution >= 0.6 is 24.0 Å². The van der Waals surface area contributed by atoms with Crippen molar-refractivity contribution >= 4 is 29.9 Å². The molecule has 0 aliphatic carbocycles. The molecule has 2 aromatic rings. The normalized spacial score (nSPS) is 18.2. The summed E-state index contributed by atoms with van der Waals surface area (Å²) in [6.07, 6.45) is 1.13. The number of ether oxygens (including phenoxy) is 1. The molecule has 2 heterocycles. The van der Waals surface area contributed by atoms with Gasteiger partial charge in [0.05, 0.1) is 13.2 Å². The lowest BCUT2D eigenvalue weighted by Gasteiger charge is -2.34. The fraction of sp³-hybridized carbons (Fsp3) is 0.500. The molecule has 0 amide bonds. The highest BCUT2D eigenvalue weighted by atomic mass is 127. The molecule has 0 saturated carbocycles. The Bertz CT molecular complexity index is 900. The third-order valence-corrected chi connectivity index (χ3v) is 6.63. The van der Waals surface area contributed by atoms with Crippen molar-refractivity contribution in [2.45, 2.75) is 39.0 Å². The second-order valence-electron chi connectivity index (χ2n) is 8.80. The average Bonchev–Trinajstić information content (AvgIpc) is 2.85. The molecule has 2 aliphatic rings. The van der Waals surface area contributed by atoms with Crippen molar-refractivity contribution in [2.75, 3.05) is 46.4 Å². The second kappa shape index (κ2) is 13.3. The molecule has 0 radical (unpaired) electrons. The predicted octanol–water partition coefficient (Wildman–Crippen LogP) is 3.25. The number of guanidine groups is 1. The number of hydrogen-bond acceptors (Lipinski definition) is 4. The third kappa shape index (κ3) is 7.40. The summed E-state index contributed by atoms with van der Waals surface area (Å²) in [5.74, 6) is 0.857. The Labute approximate surface area is 215 Å². The zero-order chi connectivity index (χ0) is 22.2. The third-order valence-electron chi connectivity index (χ3n) is 6.63. The van der Waals surface area contributed by atoms with Crippen LogP contribution in [0, 0.1) is 0 Å². The Balaban J connectivity index is 0.00000306. The molecular formula is C26H38IN5O. The van der Waals surface area contributed by atoms with Crippen molar-refractivity contribution in [3.8, 4) is 0 Å². The Morgan fingerprint density at radius 2 is 1.67 bits per heavy atom. The van der Waals surface area contributed by atoms with Crippen LogP contribution in [-0.2, 0) is 30.8 Å². The van der Waals surface area contributed by atoms with E-state index >= 15 is 0 Å². The van der Waals surface area contributed by atoms with Gasteiger partial charge in [-0.05, 0) is 35.6 Å². The number of fused-ring (bicyclic) bond motifs is 1. The largest absolute Gasteiger partial charge is 0.379 e. The van der Waals surface area contributed by atoms with Gasteiger partial charge in [-0.2, -0.15) is 0 Å². The maximum absolute atomic E-state index is 5.49. The summed E-state index contributed by atoms with van der Waals surface area (Å²) >= 11 is 0. The molecule has 0 aromatic heterocycles. The number of morpholine rings is 1. The van der Waals surface area contributed by atoms with Crippen LogP contribution in [0.3, 0.4) is 0 Å². The molecule has 4 rings (SSSR count). The summed E-state index contributed by atoms with van der Waals surface area (Å²) in [6.45, 7) is 10.7. The smallest absolute Gasteiger partial charge is 0.191 e. The van der Waals surface area contributed by atoms with Crippen molar-refractivity contribution in [1.29, 1.82) is 0 Å². The van der Waals surface area contributed by atoms with Gasteiger partial charge < -0.3 is 15.4 Å². The molecule has 2 N–H and O–H groups in total. The molecule has 2 aromatic carbocycles. The Morgan fingerprint density at radius 3 is 2.42 bits per heavy atom. The summed E-state index contributed by atoms with van der Waals surface area (Å²) in [6, 6.07) is 18.0. The van der Waals surface area contributed by atoms with Gasteiger partial charge in [0.15, 0.2) is 5.96 Å². The predicted molar refractivity (Wildman–Crippen MR) is 146 cm³/mol. The lowest BCUT2D eigenvalue weighted by atomic mass is 9.99. The van der Waals surface area contributed by atoms with Crippen molar-refractivity contribution in [3.05, 3.63) is 70.8 Å². The molecular weight excluding hydrogens is 525 g/mol. The van der Waals surface area contributed by atoms with Crippen LogP contribution in [0.2, 0.25) is 0 Å². The maximum Gasteiger partial charge on any atom is 0.191 e. The van der Waals surface area contributed by atoms with Gasteiger partial charge in [-0.1, -0.05) is 48.5 Å². The number of rotatable bonds is 7. The van der Waals surface area contributed by atoms with E-state index in [0.717, 1.165) is 71.4 Å². The fourth-order valence-corrected chi connectivity index (χ4v) is 4.55. The average molecular weight is 564 g/mol. The molecule has 33 heavy (non-hydrogen) atoms. The number of aliphatic imine (C=N–C) groups is 1. The van der Waals surface area contributed by atoms with Gasteiger partial charge in [0.1, 0.15) is 0 Å². The van der Waals surface area contributed by atoms with E-state index in [1.165, 1.54) is 22.3 Å². The maximum atomic E-state index is 5.49. The van der Waals surface area contributed by atoms with Gasteiger partial charge in [0, 0.05) is 58.9 Å². The number of halogens is 1. The molecule has 6 nitrogen and oxygen atoms in total.